The lowest BCUT2D eigenvalue weighted by Gasteiger charge is -2.05. The van der Waals surface area contributed by atoms with Gasteiger partial charge in [-0.3, -0.25) is 0 Å². The topological polar surface area (TPSA) is 29.5 Å². The van der Waals surface area contributed by atoms with Gasteiger partial charge in [0.05, 0.1) is 7.11 Å². The molecule has 1 heterocycles. The molecule has 1 N–H and O–H groups in total. The molecule has 0 aliphatic heterocycles. The number of aryl methyl sites for hydroxylation is 1. The van der Waals surface area contributed by atoms with E-state index in [-0.39, 0.29) is 0 Å². The van der Waals surface area contributed by atoms with E-state index in [1.165, 1.54) is 16.9 Å². The van der Waals surface area contributed by atoms with Gasteiger partial charge in [0.2, 0.25) is 0 Å². The molecule has 0 bridgehead atoms. The summed E-state index contributed by atoms with van der Waals surface area (Å²) in [5.74, 6) is 0.901. The van der Waals surface area contributed by atoms with Crippen molar-refractivity contribution in [3.05, 3.63) is 23.8 Å². The first-order valence-corrected chi connectivity index (χ1v) is 5.35. The number of methoxy groups -OCH3 is 1. The van der Waals surface area contributed by atoms with Crippen LogP contribution in [0.2, 0.25) is 0 Å². The third-order valence-electron chi connectivity index (χ3n) is 2.29. The van der Waals surface area contributed by atoms with Crippen molar-refractivity contribution in [2.45, 2.75) is 13.3 Å². The molecular weight excluding hydrogens is 196 g/mol. The number of hydrogen-bond donors (Lipinski definition) is 1. The molecule has 1 aromatic heterocycles. The van der Waals surface area contributed by atoms with Gasteiger partial charge in [-0.1, -0.05) is 18.3 Å². The van der Waals surface area contributed by atoms with Crippen LogP contribution in [0, 0.1) is 0 Å². The summed E-state index contributed by atoms with van der Waals surface area (Å²) in [5, 5.41) is 10.8. The van der Waals surface area contributed by atoms with Gasteiger partial charge in [-0.05, 0) is 35.6 Å². The minimum atomic E-state index is 0.357. The summed E-state index contributed by atoms with van der Waals surface area (Å²) in [6, 6.07) is 5.82. The van der Waals surface area contributed by atoms with Crippen molar-refractivity contribution >= 4 is 21.4 Å². The van der Waals surface area contributed by atoms with Gasteiger partial charge in [-0.15, -0.1) is 0 Å². The highest BCUT2D eigenvalue weighted by molar-refractivity contribution is 7.20. The molecule has 0 unspecified atom stereocenters. The normalized spacial score (nSPS) is 10.7. The zero-order chi connectivity index (χ0) is 10.1. The lowest BCUT2D eigenvalue weighted by Crippen LogP contribution is -1.89. The van der Waals surface area contributed by atoms with Crippen LogP contribution >= 0.6 is 11.3 Å². The average Bonchev–Trinajstić information content (AvgIpc) is 2.54. The molecule has 0 aliphatic rings. The Kier molecular flexibility index (Phi) is 2.33. The first-order chi connectivity index (χ1) is 6.74. The number of rotatable bonds is 2. The molecule has 2 rings (SSSR count). The molecule has 0 saturated carbocycles. The first kappa shape index (κ1) is 9.34. The number of thiophene rings is 1. The van der Waals surface area contributed by atoms with Crippen LogP contribution in [-0.2, 0) is 6.42 Å². The Balaban J connectivity index is 2.68. The SMILES string of the molecule is CCc1cc2sc(O)cc2cc1OC. The summed E-state index contributed by atoms with van der Waals surface area (Å²) in [6.07, 6.45) is 0.942. The van der Waals surface area contributed by atoms with E-state index in [2.05, 4.69) is 13.0 Å². The van der Waals surface area contributed by atoms with E-state index in [1.54, 1.807) is 13.2 Å². The van der Waals surface area contributed by atoms with E-state index >= 15 is 0 Å². The molecule has 14 heavy (non-hydrogen) atoms. The maximum absolute atomic E-state index is 9.36. The third-order valence-corrected chi connectivity index (χ3v) is 3.19. The van der Waals surface area contributed by atoms with Crippen LogP contribution in [0.1, 0.15) is 12.5 Å². The molecule has 2 aromatic rings. The fourth-order valence-electron chi connectivity index (χ4n) is 1.56. The van der Waals surface area contributed by atoms with E-state index in [0.717, 1.165) is 22.3 Å². The Labute approximate surface area is 86.8 Å². The molecule has 0 fully saturated rings. The highest BCUT2D eigenvalue weighted by Crippen LogP contribution is 2.35. The van der Waals surface area contributed by atoms with Gasteiger partial charge in [-0.2, -0.15) is 0 Å². The van der Waals surface area contributed by atoms with E-state index in [1.807, 2.05) is 6.07 Å². The molecule has 0 atom stereocenters. The predicted octanol–water partition coefficient (Wildman–Crippen LogP) is 3.18. The van der Waals surface area contributed by atoms with Gasteiger partial charge in [0.15, 0.2) is 5.06 Å². The molecule has 0 spiro atoms. The van der Waals surface area contributed by atoms with Crippen LogP contribution in [0.3, 0.4) is 0 Å². The van der Waals surface area contributed by atoms with Crippen molar-refractivity contribution in [2.75, 3.05) is 7.11 Å². The summed E-state index contributed by atoms with van der Waals surface area (Å²) < 4.78 is 6.39. The summed E-state index contributed by atoms with van der Waals surface area (Å²) in [6.45, 7) is 2.09. The second kappa shape index (κ2) is 3.50. The van der Waals surface area contributed by atoms with Crippen LogP contribution in [0.15, 0.2) is 18.2 Å². The fourth-order valence-corrected chi connectivity index (χ4v) is 2.41. The second-order valence-electron chi connectivity index (χ2n) is 3.14. The Morgan fingerprint density at radius 2 is 2.14 bits per heavy atom. The zero-order valence-electron chi connectivity index (χ0n) is 8.20. The van der Waals surface area contributed by atoms with Crippen molar-refractivity contribution in [3.63, 3.8) is 0 Å². The van der Waals surface area contributed by atoms with E-state index in [9.17, 15) is 5.11 Å². The number of hydrogen-bond acceptors (Lipinski definition) is 3. The molecule has 3 heteroatoms. The smallest absolute Gasteiger partial charge is 0.172 e. The van der Waals surface area contributed by atoms with Gasteiger partial charge >= 0.3 is 0 Å². The summed E-state index contributed by atoms with van der Waals surface area (Å²) >= 11 is 1.40. The fraction of sp³-hybridized carbons (Fsp3) is 0.273. The van der Waals surface area contributed by atoms with Gasteiger partial charge in [0.1, 0.15) is 5.75 Å². The Morgan fingerprint density at radius 3 is 2.79 bits per heavy atom. The summed E-state index contributed by atoms with van der Waals surface area (Å²) in [4.78, 5) is 0. The van der Waals surface area contributed by atoms with Crippen LogP contribution in [-0.4, -0.2) is 12.2 Å². The average molecular weight is 208 g/mol. The monoisotopic (exact) mass is 208 g/mol. The molecule has 0 saturated heterocycles. The van der Waals surface area contributed by atoms with Gasteiger partial charge in [0, 0.05) is 4.70 Å². The zero-order valence-corrected chi connectivity index (χ0v) is 9.02. The second-order valence-corrected chi connectivity index (χ2v) is 4.20. The van der Waals surface area contributed by atoms with Crippen molar-refractivity contribution in [3.8, 4) is 10.8 Å². The van der Waals surface area contributed by atoms with Gasteiger partial charge in [-0.25, -0.2) is 0 Å². The third kappa shape index (κ3) is 1.44. The Hall–Kier alpha value is -1.22. The molecule has 2 nitrogen and oxygen atoms in total. The van der Waals surface area contributed by atoms with Crippen molar-refractivity contribution < 1.29 is 9.84 Å². The number of aromatic hydroxyl groups is 1. The molecule has 0 radical (unpaired) electrons. The molecule has 1 aromatic carbocycles. The largest absolute Gasteiger partial charge is 0.499 e. The minimum absolute atomic E-state index is 0.357. The number of ether oxygens (including phenoxy) is 1. The highest BCUT2D eigenvalue weighted by atomic mass is 32.1. The first-order valence-electron chi connectivity index (χ1n) is 4.54. The van der Waals surface area contributed by atoms with Crippen LogP contribution < -0.4 is 4.74 Å². The predicted molar refractivity (Wildman–Crippen MR) is 59.4 cm³/mol. The standard InChI is InChI=1S/C11H12O2S/c1-3-7-5-10-8(4-9(7)13-2)6-11(12)14-10/h4-6,12H,3H2,1-2H3. The molecule has 0 amide bonds. The van der Waals surface area contributed by atoms with Gasteiger partial charge in [0.25, 0.3) is 0 Å². The number of fused-ring (bicyclic) bond motifs is 1. The van der Waals surface area contributed by atoms with Crippen LogP contribution in [0.25, 0.3) is 10.1 Å². The van der Waals surface area contributed by atoms with E-state index in [4.69, 9.17) is 4.74 Å². The molecule has 74 valence electrons. The highest BCUT2D eigenvalue weighted by Gasteiger charge is 2.06. The lowest BCUT2D eigenvalue weighted by molar-refractivity contribution is 0.411. The summed E-state index contributed by atoms with van der Waals surface area (Å²) in [7, 11) is 1.67. The maximum atomic E-state index is 9.36. The van der Waals surface area contributed by atoms with Crippen molar-refractivity contribution in [1.82, 2.24) is 0 Å². The minimum Gasteiger partial charge on any atom is -0.499 e. The van der Waals surface area contributed by atoms with Crippen LogP contribution in [0.5, 0.6) is 10.8 Å². The van der Waals surface area contributed by atoms with Crippen LogP contribution in [0.4, 0.5) is 0 Å². The van der Waals surface area contributed by atoms with Crippen molar-refractivity contribution in [2.24, 2.45) is 0 Å². The maximum Gasteiger partial charge on any atom is 0.172 e. The Morgan fingerprint density at radius 1 is 1.36 bits per heavy atom. The number of benzene rings is 1. The lowest BCUT2D eigenvalue weighted by atomic mass is 10.1. The molecule has 0 aliphatic carbocycles. The van der Waals surface area contributed by atoms with Gasteiger partial charge < -0.3 is 9.84 Å². The van der Waals surface area contributed by atoms with E-state index < -0.39 is 0 Å². The summed E-state index contributed by atoms with van der Waals surface area (Å²) in [5.41, 5.74) is 1.18. The Bertz CT molecular complexity index is 419. The quantitative estimate of drug-likeness (QED) is 0.821. The molecular formula is C11H12O2S. The van der Waals surface area contributed by atoms with Crippen molar-refractivity contribution in [1.29, 1.82) is 0 Å². The van der Waals surface area contributed by atoms with E-state index in [0.29, 0.717) is 5.06 Å².